The lowest BCUT2D eigenvalue weighted by molar-refractivity contribution is 0.403. The fourth-order valence-corrected chi connectivity index (χ4v) is 4.60. The molecule has 2 bridgehead atoms. The Hall–Kier alpha value is -0.960. The third-order valence-electron chi connectivity index (χ3n) is 5.42. The predicted octanol–water partition coefficient (Wildman–Crippen LogP) is 3.32. The number of hydrogen-bond acceptors (Lipinski definition) is 3. The standard InChI is InChI=1S/C17H27N3/c1-10(9-18-4)16-11(2)19-17(20-12(16)3)15-8-13-5-6-14(15)7-13/h10,13-15,18H,5-9H2,1-4H3. The molecule has 0 aliphatic heterocycles. The molecule has 2 saturated carbocycles. The molecule has 1 aromatic heterocycles. The second-order valence-corrected chi connectivity index (χ2v) is 6.91. The summed E-state index contributed by atoms with van der Waals surface area (Å²) in [5, 5.41) is 3.26. The van der Waals surface area contributed by atoms with Gasteiger partial charge in [-0.3, -0.25) is 0 Å². The van der Waals surface area contributed by atoms with Crippen LogP contribution in [-0.4, -0.2) is 23.6 Å². The minimum absolute atomic E-state index is 0.481. The van der Waals surface area contributed by atoms with E-state index in [4.69, 9.17) is 9.97 Å². The second-order valence-electron chi connectivity index (χ2n) is 6.91. The number of fused-ring (bicyclic) bond motifs is 2. The third kappa shape index (κ3) is 2.37. The summed E-state index contributed by atoms with van der Waals surface area (Å²) in [5.41, 5.74) is 3.72. The highest BCUT2D eigenvalue weighted by atomic mass is 14.9. The van der Waals surface area contributed by atoms with E-state index in [0.717, 1.165) is 24.2 Å². The summed E-state index contributed by atoms with van der Waals surface area (Å²) in [5.74, 6) is 4.07. The molecule has 2 aliphatic carbocycles. The number of likely N-dealkylation sites (N-methyl/N-ethyl adjacent to an activating group) is 1. The molecule has 0 aromatic carbocycles. The third-order valence-corrected chi connectivity index (χ3v) is 5.42. The van der Waals surface area contributed by atoms with Gasteiger partial charge in [0.25, 0.3) is 0 Å². The second kappa shape index (κ2) is 5.44. The summed E-state index contributed by atoms with van der Waals surface area (Å²) >= 11 is 0. The molecule has 4 atom stereocenters. The fraction of sp³-hybridized carbons (Fsp3) is 0.765. The largest absolute Gasteiger partial charge is 0.319 e. The first-order valence-corrected chi connectivity index (χ1v) is 8.09. The van der Waals surface area contributed by atoms with Gasteiger partial charge in [0.1, 0.15) is 5.82 Å². The molecule has 0 spiro atoms. The van der Waals surface area contributed by atoms with E-state index in [2.05, 4.69) is 26.1 Å². The Balaban J connectivity index is 1.88. The molecule has 3 nitrogen and oxygen atoms in total. The molecule has 0 radical (unpaired) electrons. The molecule has 0 amide bonds. The quantitative estimate of drug-likeness (QED) is 0.914. The molecular formula is C17H27N3. The van der Waals surface area contributed by atoms with Gasteiger partial charge in [-0.1, -0.05) is 13.3 Å². The van der Waals surface area contributed by atoms with E-state index in [0.29, 0.717) is 11.8 Å². The summed E-state index contributed by atoms with van der Waals surface area (Å²) in [6.07, 6.45) is 5.59. The first-order chi connectivity index (χ1) is 9.60. The lowest BCUT2D eigenvalue weighted by Gasteiger charge is -2.23. The molecule has 3 heteroatoms. The van der Waals surface area contributed by atoms with E-state index in [1.807, 2.05) is 7.05 Å². The molecular weight excluding hydrogens is 246 g/mol. The van der Waals surface area contributed by atoms with Gasteiger partial charge in [0.05, 0.1) is 0 Å². The van der Waals surface area contributed by atoms with Crippen LogP contribution in [0.3, 0.4) is 0 Å². The fourth-order valence-electron chi connectivity index (χ4n) is 4.60. The van der Waals surface area contributed by atoms with Crippen LogP contribution < -0.4 is 5.32 Å². The van der Waals surface area contributed by atoms with E-state index in [9.17, 15) is 0 Å². The maximum absolute atomic E-state index is 4.90. The van der Waals surface area contributed by atoms with Crippen LogP contribution in [0.15, 0.2) is 0 Å². The minimum atomic E-state index is 0.481. The van der Waals surface area contributed by atoms with Gasteiger partial charge < -0.3 is 5.32 Å². The van der Waals surface area contributed by atoms with Crippen LogP contribution in [-0.2, 0) is 0 Å². The smallest absolute Gasteiger partial charge is 0.132 e. The van der Waals surface area contributed by atoms with Gasteiger partial charge in [0.2, 0.25) is 0 Å². The van der Waals surface area contributed by atoms with Crippen molar-refractivity contribution in [2.24, 2.45) is 11.8 Å². The van der Waals surface area contributed by atoms with Crippen molar-refractivity contribution in [2.75, 3.05) is 13.6 Å². The van der Waals surface area contributed by atoms with Crippen molar-refractivity contribution in [3.63, 3.8) is 0 Å². The maximum Gasteiger partial charge on any atom is 0.132 e. The van der Waals surface area contributed by atoms with E-state index >= 15 is 0 Å². The molecule has 3 rings (SSSR count). The van der Waals surface area contributed by atoms with Crippen molar-refractivity contribution in [2.45, 2.75) is 58.3 Å². The zero-order valence-corrected chi connectivity index (χ0v) is 13.2. The Morgan fingerprint density at radius 3 is 2.35 bits per heavy atom. The first-order valence-electron chi connectivity index (χ1n) is 8.09. The van der Waals surface area contributed by atoms with Crippen LogP contribution in [0.5, 0.6) is 0 Å². The summed E-state index contributed by atoms with van der Waals surface area (Å²) < 4.78 is 0. The monoisotopic (exact) mass is 273 g/mol. The lowest BCUT2D eigenvalue weighted by Crippen LogP contribution is -2.20. The van der Waals surface area contributed by atoms with E-state index in [1.165, 1.54) is 42.6 Å². The van der Waals surface area contributed by atoms with Crippen molar-refractivity contribution < 1.29 is 0 Å². The zero-order chi connectivity index (χ0) is 14.3. The molecule has 1 N–H and O–H groups in total. The minimum Gasteiger partial charge on any atom is -0.319 e. The Morgan fingerprint density at radius 1 is 1.15 bits per heavy atom. The van der Waals surface area contributed by atoms with Crippen molar-refractivity contribution in [1.82, 2.24) is 15.3 Å². The van der Waals surface area contributed by atoms with Gasteiger partial charge in [-0.05, 0) is 63.5 Å². The Bertz CT molecular complexity index is 474. The van der Waals surface area contributed by atoms with Crippen LogP contribution >= 0.6 is 0 Å². The predicted molar refractivity (Wildman–Crippen MR) is 82.0 cm³/mol. The number of nitrogens with one attached hydrogen (secondary N) is 1. The Morgan fingerprint density at radius 2 is 1.85 bits per heavy atom. The zero-order valence-electron chi connectivity index (χ0n) is 13.2. The highest BCUT2D eigenvalue weighted by molar-refractivity contribution is 5.29. The molecule has 20 heavy (non-hydrogen) atoms. The molecule has 0 saturated heterocycles. The van der Waals surface area contributed by atoms with Gasteiger partial charge in [-0.25, -0.2) is 9.97 Å². The molecule has 1 aromatic rings. The number of aromatic nitrogens is 2. The SMILES string of the molecule is CNCC(C)c1c(C)nc(C2CC3CCC2C3)nc1C. The van der Waals surface area contributed by atoms with E-state index in [-0.39, 0.29) is 0 Å². The van der Waals surface area contributed by atoms with Crippen molar-refractivity contribution in [3.8, 4) is 0 Å². The van der Waals surface area contributed by atoms with Crippen LogP contribution in [0.2, 0.25) is 0 Å². The van der Waals surface area contributed by atoms with Crippen molar-refractivity contribution in [1.29, 1.82) is 0 Å². The van der Waals surface area contributed by atoms with Gasteiger partial charge >= 0.3 is 0 Å². The van der Waals surface area contributed by atoms with Crippen LogP contribution in [0.4, 0.5) is 0 Å². The number of aryl methyl sites for hydroxylation is 2. The maximum atomic E-state index is 4.90. The topological polar surface area (TPSA) is 37.8 Å². The highest BCUT2D eigenvalue weighted by Gasteiger charge is 2.41. The summed E-state index contributed by atoms with van der Waals surface area (Å²) in [6.45, 7) is 7.56. The number of nitrogens with zero attached hydrogens (tertiary/aromatic N) is 2. The van der Waals surface area contributed by atoms with Crippen LogP contribution in [0, 0.1) is 25.7 Å². The average Bonchev–Trinajstić information content (AvgIpc) is 3.00. The van der Waals surface area contributed by atoms with Crippen molar-refractivity contribution >= 4 is 0 Å². The van der Waals surface area contributed by atoms with Crippen molar-refractivity contribution in [3.05, 3.63) is 22.8 Å². The molecule has 2 aliphatic rings. The normalized spacial score (nSPS) is 29.9. The van der Waals surface area contributed by atoms with E-state index < -0.39 is 0 Å². The Kier molecular flexibility index (Phi) is 3.80. The lowest BCUT2D eigenvalue weighted by atomic mass is 9.87. The van der Waals surface area contributed by atoms with Crippen LogP contribution in [0.25, 0.3) is 0 Å². The van der Waals surface area contributed by atoms with Gasteiger partial charge in [-0.2, -0.15) is 0 Å². The summed E-state index contributed by atoms with van der Waals surface area (Å²) in [4.78, 5) is 9.80. The molecule has 110 valence electrons. The summed E-state index contributed by atoms with van der Waals surface area (Å²) in [6, 6.07) is 0. The summed E-state index contributed by atoms with van der Waals surface area (Å²) in [7, 11) is 2.01. The number of hydrogen-bond donors (Lipinski definition) is 1. The Labute approximate surface area is 122 Å². The van der Waals surface area contributed by atoms with E-state index in [1.54, 1.807) is 0 Å². The first kappa shape index (κ1) is 14.0. The molecule has 2 fully saturated rings. The number of rotatable bonds is 4. The molecule has 1 heterocycles. The highest BCUT2D eigenvalue weighted by Crippen LogP contribution is 2.52. The van der Waals surface area contributed by atoms with Gasteiger partial charge in [0.15, 0.2) is 0 Å². The van der Waals surface area contributed by atoms with Gasteiger partial charge in [0, 0.05) is 23.9 Å². The van der Waals surface area contributed by atoms with Gasteiger partial charge in [-0.15, -0.1) is 0 Å². The van der Waals surface area contributed by atoms with Crippen LogP contribution in [0.1, 0.15) is 67.2 Å². The molecule has 4 unspecified atom stereocenters. The average molecular weight is 273 g/mol.